The SMILES string of the molecule is COc1cc(C=NNC(=O)COc2ccc(C)cc2Br)cc(Br)c1O. The number of phenolic OH excluding ortho intramolecular Hbond substituents is 1. The Morgan fingerprint density at radius 3 is 2.68 bits per heavy atom. The van der Waals surface area contributed by atoms with Gasteiger partial charge in [-0.2, -0.15) is 5.10 Å². The van der Waals surface area contributed by atoms with E-state index in [1.807, 2.05) is 19.1 Å². The van der Waals surface area contributed by atoms with E-state index in [4.69, 9.17) is 9.47 Å². The normalized spacial score (nSPS) is 10.7. The number of carbonyl (C=O) groups is 1. The first-order chi connectivity index (χ1) is 11.9. The van der Waals surface area contributed by atoms with Crippen molar-refractivity contribution in [1.29, 1.82) is 0 Å². The van der Waals surface area contributed by atoms with E-state index in [2.05, 4.69) is 42.4 Å². The Bertz CT molecular complexity index is 809. The Labute approximate surface area is 162 Å². The molecule has 2 rings (SSSR count). The molecule has 8 heteroatoms. The standard InChI is InChI=1S/C17H16Br2N2O4/c1-10-3-4-14(12(18)5-10)25-9-16(22)21-20-8-11-6-13(19)17(23)15(7-11)24-2/h3-8,23H,9H2,1-2H3,(H,21,22). The molecule has 0 heterocycles. The van der Waals surface area contributed by atoms with E-state index < -0.39 is 5.91 Å². The second-order valence-corrected chi connectivity index (χ2v) is 6.78. The molecule has 0 saturated carbocycles. The maximum Gasteiger partial charge on any atom is 0.277 e. The molecule has 0 unspecified atom stereocenters. The quantitative estimate of drug-likeness (QED) is 0.496. The molecule has 2 aromatic carbocycles. The summed E-state index contributed by atoms with van der Waals surface area (Å²) >= 11 is 6.60. The van der Waals surface area contributed by atoms with Crippen molar-refractivity contribution in [2.45, 2.75) is 6.92 Å². The van der Waals surface area contributed by atoms with Crippen molar-refractivity contribution in [2.24, 2.45) is 5.10 Å². The molecule has 0 aliphatic rings. The average Bonchev–Trinajstić information content (AvgIpc) is 2.57. The number of ether oxygens (including phenoxy) is 2. The summed E-state index contributed by atoms with van der Waals surface area (Å²) in [5.74, 6) is 0.487. The zero-order valence-electron chi connectivity index (χ0n) is 13.5. The van der Waals surface area contributed by atoms with Crippen LogP contribution < -0.4 is 14.9 Å². The molecule has 2 N–H and O–H groups in total. The third-order valence-corrected chi connectivity index (χ3v) is 4.34. The summed E-state index contributed by atoms with van der Waals surface area (Å²) in [5, 5.41) is 13.6. The summed E-state index contributed by atoms with van der Waals surface area (Å²) in [5.41, 5.74) is 4.10. The van der Waals surface area contributed by atoms with Gasteiger partial charge in [0.2, 0.25) is 0 Å². The third-order valence-electron chi connectivity index (χ3n) is 3.12. The van der Waals surface area contributed by atoms with Crippen LogP contribution in [0, 0.1) is 6.92 Å². The summed E-state index contributed by atoms with van der Waals surface area (Å²) in [6.45, 7) is 1.80. The van der Waals surface area contributed by atoms with Crippen molar-refractivity contribution in [2.75, 3.05) is 13.7 Å². The lowest BCUT2D eigenvalue weighted by molar-refractivity contribution is -0.123. The number of nitrogens with one attached hydrogen (secondary N) is 1. The minimum Gasteiger partial charge on any atom is -0.503 e. The van der Waals surface area contributed by atoms with Gasteiger partial charge in [-0.1, -0.05) is 6.07 Å². The summed E-state index contributed by atoms with van der Waals surface area (Å²) in [7, 11) is 1.45. The molecule has 0 saturated heterocycles. The Morgan fingerprint density at radius 2 is 2.00 bits per heavy atom. The van der Waals surface area contributed by atoms with Crippen LogP contribution in [-0.2, 0) is 4.79 Å². The smallest absolute Gasteiger partial charge is 0.277 e. The molecule has 25 heavy (non-hydrogen) atoms. The van der Waals surface area contributed by atoms with Crippen LogP contribution in [0.15, 0.2) is 44.4 Å². The molecule has 0 radical (unpaired) electrons. The van der Waals surface area contributed by atoms with Gasteiger partial charge in [-0.3, -0.25) is 4.79 Å². The fraction of sp³-hybridized carbons (Fsp3) is 0.176. The van der Waals surface area contributed by atoms with E-state index in [0.717, 1.165) is 10.0 Å². The number of hydrogen-bond acceptors (Lipinski definition) is 5. The largest absolute Gasteiger partial charge is 0.503 e. The number of rotatable bonds is 6. The van der Waals surface area contributed by atoms with Crippen molar-refractivity contribution in [3.63, 3.8) is 0 Å². The van der Waals surface area contributed by atoms with Gasteiger partial charge in [0.25, 0.3) is 5.91 Å². The molecule has 132 valence electrons. The van der Waals surface area contributed by atoms with Gasteiger partial charge in [-0.25, -0.2) is 5.43 Å². The number of carbonyl (C=O) groups excluding carboxylic acids is 1. The molecule has 0 aromatic heterocycles. The number of hydrogen-bond donors (Lipinski definition) is 2. The molecule has 0 aliphatic carbocycles. The van der Waals surface area contributed by atoms with Crippen molar-refractivity contribution in [1.82, 2.24) is 5.43 Å². The number of phenols is 1. The van der Waals surface area contributed by atoms with Gasteiger partial charge in [0.15, 0.2) is 18.1 Å². The number of halogens is 2. The van der Waals surface area contributed by atoms with Crippen LogP contribution in [0.5, 0.6) is 17.2 Å². The van der Waals surface area contributed by atoms with Crippen LogP contribution in [-0.4, -0.2) is 30.9 Å². The van der Waals surface area contributed by atoms with E-state index in [-0.39, 0.29) is 12.4 Å². The lowest BCUT2D eigenvalue weighted by Crippen LogP contribution is -2.24. The minimum absolute atomic E-state index is 0.000704. The molecule has 0 spiro atoms. The van der Waals surface area contributed by atoms with Crippen molar-refractivity contribution >= 4 is 44.0 Å². The zero-order chi connectivity index (χ0) is 18.4. The average molecular weight is 472 g/mol. The van der Waals surface area contributed by atoms with Crippen LogP contribution >= 0.6 is 31.9 Å². The Morgan fingerprint density at radius 1 is 1.24 bits per heavy atom. The Kier molecular flexibility index (Phi) is 6.83. The Hall–Kier alpha value is -2.06. The van der Waals surface area contributed by atoms with Crippen LogP contribution in [0.4, 0.5) is 0 Å². The first-order valence-electron chi connectivity index (χ1n) is 7.18. The number of aryl methyl sites for hydroxylation is 1. The van der Waals surface area contributed by atoms with Gasteiger partial charge < -0.3 is 14.6 Å². The molecule has 2 aromatic rings. The molecule has 0 fully saturated rings. The molecule has 1 amide bonds. The van der Waals surface area contributed by atoms with Crippen molar-refractivity contribution in [3.8, 4) is 17.2 Å². The highest BCUT2D eigenvalue weighted by atomic mass is 79.9. The number of aromatic hydroxyl groups is 1. The maximum absolute atomic E-state index is 11.8. The van der Waals surface area contributed by atoms with Crippen LogP contribution in [0.2, 0.25) is 0 Å². The van der Waals surface area contributed by atoms with E-state index >= 15 is 0 Å². The summed E-state index contributed by atoms with van der Waals surface area (Å²) in [6.07, 6.45) is 1.44. The van der Waals surface area contributed by atoms with Gasteiger partial charge in [0, 0.05) is 0 Å². The van der Waals surface area contributed by atoms with Gasteiger partial charge in [-0.15, -0.1) is 0 Å². The van der Waals surface area contributed by atoms with E-state index in [1.54, 1.807) is 18.2 Å². The maximum atomic E-state index is 11.8. The first-order valence-corrected chi connectivity index (χ1v) is 8.76. The monoisotopic (exact) mass is 470 g/mol. The third kappa shape index (κ3) is 5.47. The number of amides is 1. The fourth-order valence-corrected chi connectivity index (χ4v) is 2.97. The van der Waals surface area contributed by atoms with Gasteiger partial charge in [-0.05, 0) is 74.2 Å². The molecule has 0 aliphatic heterocycles. The summed E-state index contributed by atoms with van der Waals surface area (Å²) in [6, 6.07) is 8.83. The molecular weight excluding hydrogens is 456 g/mol. The second-order valence-electron chi connectivity index (χ2n) is 5.07. The minimum atomic E-state index is -0.395. The lowest BCUT2D eigenvalue weighted by atomic mass is 10.2. The van der Waals surface area contributed by atoms with Crippen molar-refractivity contribution in [3.05, 3.63) is 50.4 Å². The van der Waals surface area contributed by atoms with Crippen LogP contribution in [0.3, 0.4) is 0 Å². The zero-order valence-corrected chi connectivity index (χ0v) is 16.7. The predicted octanol–water partition coefficient (Wildman–Crippen LogP) is 3.76. The first kappa shape index (κ1) is 19.3. The molecule has 0 bridgehead atoms. The second kappa shape index (κ2) is 8.87. The molecular formula is C17H16Br2N2O4. The molecule has 6 nitrogen and oxygen atoms in total. The topological polar surface area (TPSA) is 80.2 Å². The number of benzene rings is 2. The fourth-order valence-electron chi connectivity index (χ4n) is 1.90. The number of nitrogens with zero attached hydrogens (tertiary/aromatic N) is 1. The lowest BCUT2D eigenvalue weighted by Gasteiger charge is -2.08. The van der Waals surface area contributed by atoms with E-state index in [9.17, 15) is 9.90 Å². The highest BCUT2D eigenvalue weighted by Gasteiger charge is 2.08. The van der Waals surface area contributed by atoms with E-state index in [0.29, 0.717) is 21.5 Å². The van der Waals surface area contributed by atoms with E-state index in [1.165, 1.54) is 13.3 Å². The molecule has 0 atom stereocenters. The van der Waals surface area contributed by atoms with Crippen LogP contribution in [0.25, 0.3) is 0 Å². The Balaban J connectivity index is 1.91. The van der Waals surface area contributed by atoms with Gasteiger partial charge >= 0.3 is 0 Å². The summed E-state index contributed by atoms with van der Waals surface area (Å²) in [4.78, 5) is 11.8. The van der Waals surface area contributed by atoms with Gasteiger partial charge in [0.1, 0.15) is 5.75 Å². The predicted molar refractivity (Wildman–Crippen MR) is 102 cm³/mol. The van der Waals surface area contributed by atoms with Crippen molar-refractivity contribution < 1.29 is 19.4 Å². The van der Waals surface area contributed by atoms with Crippen LogP contribution in [0.1, 0.15) is 11.1 Å². The summed E-state index contributed by atoms with van der Waals surface area (Å²) < 4.78 is 11.7. The highest BCUT2D eigenvalue weighted by molar-refractivity contribution is 9.10. The number of methoxy groups -OCH3 is 1. The van der Waals surface area contributed by atoms with Gasteiger partial charge in [0.05, 0.1) is 22.3 Å². The number of hydrazone groups is 1. The highest BCUT2D eigenvalue weighted by Crippen LogP contribution is 2.34.